The Labute approximate surface area is 130 Å². The number of amides is 1. The van der Waals surface area contributed by atoms with Crippen molar-refractivity contribution in [2.24, 2.45) is 0 Å². The number of halogens is 1. The molecule has 0 atom stereocenters. The lowest BCUT2D eigenvalue weighted by Crippen LogP contribution is -2.12. The zero-order valence-corrected chi connectivity index (χ0v) is 12.8. The van der Waals surface area contributed by atoms with Crippen molar-refractivity contribution in [1.82, 2.24) is 0 Å². The van der Waals surface area contributed by atoms with Gasteiger partial charge >= 0.3 is 5.97 Å². The Morgan fingerprint density at radius 2 is 1.76 bits per heavy atom. The van der Waals surface area contributed by atoms with Gasteiger partial charge in [-0.2, -0.15) is 0 Å². The maximum atomic E-state index is 12.1. The summed E-state index contributed by atoms with van der Waals surface area (Å²) in [7, 11) is 1.32. The molecular weight excluding hydrogens is 336 g/mol. The molecule has 0 radical (unpaired) electrons. The van der Waals surface area contributed by atoms with Crippen LogP contribution in [0.15, 0.2) is 46.9 Å². The van der Waals surface area contributed by atoms with Crippen molar-refractivity contribution >= 4 is 39.2 Å². The monoisotopic (exact) mass is 348 g/mol. The second-order valence-corrected chi connectivity index (χ2v) is 5.21. The zero-order chi connectivity index (χ0) is 15.4. The van der Waals surface area contributed by atoms with Crippen molar-refractivity contribution in [3.05, 3.63) is 58.1 Å². The fourth-order valence-corrected chi connectivity index (χ4v) is 2.27. The van der Waals surface area contributed by atoms with Gasteiger partial charge < -0.3 is 15.8 Å². The molecule has 2 rings (SSSR count). The normalized spacial score (nSPS) is 10.0. The van der Waals surface area contributed by atoms with E-state index in [1.54, 1.807) is 42.5 Å². The number of benzene rings is 2. The summed E-state index contributed by atoms with van der Waals surface area (Å²) < 4.78 is 5.34. The van der Waals surface area contributed by atoms with Gasteiger partial charge in [-0.3, -0.25) is 4.79 Å². The molecule has 108 valence electrons. The third-order valence-corrected chi connectivity index (χ3v) is 3.20. The lowest BCUT2D eigenvalue weighted by atomic mass is 10.1. The molecule has 0 fully saturated rings. The molecular formula is C15H13BrN2O3. The van der Waals surface area contributed by atoms with Gasteiger partial charge in [0.15, 0.2) is 0 Å². The van der Waals surface area contributed by atoms with Gasteiger partial charge in [0.2, 0.25) is 0 Å². The SMILES string of the molecule is COC(=O)c1ccc(NC(=O)c2cc(N)cc(Br)c2)cc1. The Morgan fingerprint density at radius 1 is 1.10 bits per heavy atom. The van der Waals surface area contributed by atoms with E-state index < -0.39 is 5.97 Å². The largest absolute Gasteiger partial charge is 0.465 e. The third-order valence-electron chi connectivity index (χ3n) is 2.75. The van der Waals surface area contributed by atoms with E-state index in [1.807, 2.05) is 0 Å². The summed E-state index contributed by atoms with van der Waals surface area (Å²) in [5.41, 5.74) is 7.63. The average molecular weight is 349 g/mol. The molecule has 0 aliphatic rings. The maximum absolute atomic E-state index is 12.1. The lowest BCUT2D eigenvalue weighted by Gasteiger charge is -2.07. The second kappa shape index (κ2) is 6.41. The molecule has 21 heavy (non-hydrogen) atoms. The van der Waals surface area contributed by atoms with Gasteiger partial charge in [-0.05, 0) is 42.5 Å². The number of hydrogen-bond acceptors (Lipinski definition) is 4. The molecule has 6 heteroatoms. The minimum Gasteiger partial charge on any atom is -0.465 e. The van der Waals surface area contributed by atoms with Crippen LogP contribution in [0.5, 0.6) is 0 Å². The molecule has 3 N–H and O–H groups in total. The van der Waals surface area contributed by atoms with Crippen LogP contribution in [0.2, 0.25) is 0 Å². The molecule has 0 aromatic heterocycles. The first kappa shape index (κ1) is 15.1. The molecule has 1 amide bonds. The Kier molecular flexibility index (Phi) is 4.59. The van der Waals surface area contributed by atoms with Crippen LogP contribution in [-0.4, -0.2) is 19.0 Å². The van der Waals surface area contributed by atoms with Gasteiger partial charge in [0.05, 0.1) is 12.7 Å². The van der Waals surface area contributed by atoms with E-state index in [9.17, 15) is 9.59 Å². The summed E-state index contributed by atoms with van der Waals surface area (Å²) in [6.45, 7) is 0. The molecule has 2 aromatic carbocycles. The fourth-order valence-electron chi connectivity index (χ4n) is 1.75. The van der Waals surface area contributed by atoms with E-state index in [-0.39, 0.29) is 5.91 Å². The molecule has 0 saturated heterocycles. The smallest absolute Gasteiger partial charge is 0.337 e. The number of nitrogens with two attached hydrogens (primary N) is 1. The number of methoxy groups -OCH3 is 1. The van der Waals surface area contributed by atoms with E-state index >= 15 is 0 Å². The molecule has 0 aliphatic heterocycles. The average Bonchev–Trinajstić information content (AvgIpc) is 2.46. The van der Waals surface area contributed by atoms with Crippen LogP contribution in [0.25, 0.3) is 0 Å². The Morgan fingerprint density at radius 3 is 2.33 bits per heavy atom. The van der Waals surface area contributed by atoms with Crippen LogP contribution in [0.3, 0.4) is 0 Å². The number of carbonyl (C=O) groups excluding carboxylic acids is 2. The number of carbonyl (C=O) groups is 2. The molecule has 0 heterocycles. The van der Waals surface area contributed by atoms with Crippen LogP contribution in [0.1, 0.15) is 20.7 Å². The van der Waals surface area contributed by atoms with Gasteiger partial charge in [-0.1, -0.05) is 15.9 Å². The van der Waals surface area contributed by atoms with E-state index in [1.165, 1.54) is 7.11 Å². The van der Waals surface area contributed by atoms with Crippen LogP contribution in [-0.2, 0) is 4.74 Å². The standard InChI is InChI=1S/C15H13BrN2O3/c1-21-15(20)9-2-4-13(5-3-9)18-14(19)10-6-11(16)8-12(17)7-10/h2-8H,17H2,1H3,(H,18,19). The topological polar surface area (TPSA) is 81.4 Å². The highest BCUT2D eigenvalue weighted by Gasteiger charge is 2.09. The van der Waals surface area contributed by atoms with E-state index in [2.05, 4.69) is 26.0 Å². The van der Waals surface area contributed by atoms with E-state index in [0.717, 1.165) is 4.47 Å². The molecule has 0 bridgehead atoms. The molecule has 5 nitrogen and oxygen atoms in total. The second-order valence-electron chi connectivity index (χ2n) is 4.30. The van der Waals surface area contributed by atoms with Gasteiger partial charge in [0, 0.05) is 21.4 Å². The van der Waals surface area contributed by atoms with Gasteiger partial charge in [-0.25, -0.2) is 4.79 Å². The highest BCUT2D eigenvalue weighted by atomic mass is 79.9. The van der Waals surface area contributed by atoms with Crippen molar-refractivity contribution in [2.75, 3.05) is 18.2 Å². The maximum Gasteiger partial charge on any atom is 0.337 e. The summed E-state index contributed by atoms with van der Waals surface area (Å²) in [5, 5.41) is 2.73. The van der Waals surface area contributed by atoms with Crippen LogP contribution in [0, 0.1) is 0 Å². The third kappa shape index (κ3) is 3.82. The van der Waals surface area contributed by atoms with Gasteiger partial charge in [0.1, 0.15) is 0 Å². The Hall–Kier alpha value is -2.34. The number of anilines is 2. The molecule has 0 saturated carbocycles. The molecule has 2 aromatic rings. The summed E-state index contributed by atoms with van der Waals surface area (Å²) in [6, 6.07) is 11.4. The minimum atomic E-state index is -0.423. The molecule has 0 unspecified atom stereocenters. The van der Waals surface area contributed by atoms with Crippen LogP contribution in [0.4, 0.5) is 11.4 Å². The lowest BCUT2D eigenvalue weighted by molar-refractivity contribution is 0.0600. The van der Waals surface area contributed by atoms with Gasteiger partial charge in [0.25, 0.3) is 5.91 Å². The first-order chi connectivity index (χ1) is 9.99. The number of rotatable bonds is 3. The van der Waals surface area contributed by atoms with Crippen molar-refractivity contribution in [3.8, 4) is 0 Å². The number of ether oxygens (including phenoxy) is 1. The molecule has 0 aliphatic carbocycles. The highest BCUT2D eigenvalue weighted by Crippen LogP contribution is 2.19. The Balaban J connectivity index is 2.14. The summed E-state index contributed by atoms with van der Waals surface area (Å²) >= 11 is 3.29. The van der Waals surface area contributed by atoms with Crippen LogP contribution < -0.4 is 11.1 Å². The van der Waals surface area contributed by atoms with Crippen molar-refractivity contribution in [1.29, 1.82) is 0 Å². The summed E-state index contributed by atoms with van der Waals surface area (Å²) in [5.74, 6) is -0.707. The zero-order valence-electron chi connectivity index (χ0n) is 11.2. The van der Waals surface area contributed by atoms with Crippen molar-refractivity contribution in [2.45, 2.75) is 0 Å². The summed E-state index contributed by atoms with van der Waals surface area (Å²) in [4.78, 5) is 23.4. The van der Waals surface area contributed by atoms with E-state index in [0.29, 0.717) is 22.5 Å². The molecule has 0 spiro atoms. The van der Waals surface area contributed by atoms with Crippen molar-refractivity contribution in [3.63, 3.8) is 0 Å². The van der Waals surface area contributed by atoms with Gasteiger partial charge in [-0.15, -0.1) is 0 Å². The number of nitrogens with one attached hydrogen (secondary N) is 1. The fraction of sp³-hybridized carbons (Fsp3) is 0.0667. The number of hydrogen-bond donors (Lipinski definition) is 2. The predicted octanol–water partition coefficient (Wildman–Crippen LogP) is 3.07. The first-order valence-electron chi connectivity index (χ1n) is 6.05. The predicted molar refractivity (Wildman–Crippen MR) is 84.3 cm³/mol. The first-order valence-corrected chi connectivity index (χ1v) is 6.84. The van der Waals surface area contributed by atoms with Crippen molar-refractivity contribution < 1.29 is 14.3 Å². The number of nitrogen functional groups attached to an aromatic ring is 1. The Bertz CT molecular complexity index is 664. The van der Waals surface area contributed by atoms with Crippen LogP contribution >= 0.6 is 15.9 Å². The quantitative estimate of drug-likeness (QED) is 0.659. The van der Waals surface area contributed by atoms with E-state index in [4.69, 9.17) is 5.73 Å². The highest BCUT2D eigenvalue weighted by molar-refractivity contribution is 9.10. The summed E-state index contributed by atoms with van der Waals surface area (Å²) in [6.07, 6.45) is 0. The number of esters is 1. The minimum absolute atomic E-state index is 0.284.